The zero-order chi connectivity index (χ0) is 18.0. The predicted octanol–water partition coefficient (Wildman–Crippen LogP) is 3.26. The van der Waals surface area contributed by atoms with Crippen molar-refractivity contribution in [2.75, 3.05) is 11.9 Å². The Kier molecular flexibility index (Phi) is 4.75. The van der Waals surface area contributed by atoms with Crippen molar-refractivity contribution in [3.63, 3.8) is 0 Å². The SMILES string of the molecule is CC(=O)N[C@H]1CC(C)(C)Cc2nc(N(C)Cc3ccccc3)ncc21. The molecule has 1 aliphatic carbocycles. The third kappa shape index (κ3) is 4.16. The van der Waals surface area contributed by atoms with E-state index in [2.05, 4.69) is 41.2 Å². The molecule has 5 heteroatoms. The molecule has 5 nitrogen and oxygen atoms in total. The molecule has 1 atom stereocenters. The van der Waals surface area contributed by atoms with Gasteiger partial charge in [-0.25, -0.2) is 9.97 Å². The minimum absolute atomic E-state index is 0.00951. The molecule has 2 aromatic rings. The van der Waals surface area contributed by atoms with Gasteiger partial charge in [0.15, 0.2) is 0 Å². The van der Waals surface area contributed by atoms with E-state index in [4.69, 9.17) is 4.98 Å². The van der Waals surface area contributed by atoms with Crippen molar-refractivity contribution in [1.29, 1.82) is 0 Å². The van der Waals surface area contributed by atoms with Gasteiger partial charge in [-0.1, -0.05) is 44.2 Å². The number of hydrogen-bond donors (Lipinski definition) is 1. The van der Waals surface area contributed by atoms with Gasteiger partial charge in [-0.2, -0.15) is 0 Å². The molecule has 1 aliphatic rings. The normalized spacial score (nSPS) is 18.3. The summed E-state index contributed by atoms with van der Waals surface area (Å²) in [5.74, 6) is 0.709. The maximum absolute atomic E-state index is 11.6. The van der Waals surface area contributed by atoms with E-state index in [0.29, 0.717) is 0 Å². The first kappa shape index (κ1) is 17.4. The van der Waals surface area contributed by atoms with Gasteiger partial charge in [0.05, 0.1) is 11.7 Å². The van der Waals surface area contributed by atoms with Gasteiger partial charge in [0, 0.05) is 32.3 Å². The van der Waals surface area contributed by atoms with Gasteiger partial charge >= 0.3 is 0 Å². The molecule has 1 heterocycles. The lowest BCUT2D eigenvalue weighted by molar-refractivity contribution is -0.120. The van der Waals surface area contributed by atoms with E-state index in [1.165, 1.54) is 5.56 Å². The molecular weight excluding hydrogens is 312 g/mol. The van der Waals surface area contributed by atoms with Crippen LogP contribution in [0.4, 0.5) is 5.95 Å². The van der Waals surface area contributed by atoms with Crippen molar-refractivity contribution in [3.8, 4) is 0 Å². The minimum Gasteiger partial charge on any atom is -0.349 e. The molecular formula is C20H26N4O. The summed E-state index contributed by atoms with van der Waals surface area (Å²) >= 11 is 0. The molecule has 1 aromatic heterocycles. The zero-order valence-corrected chi connectivity index (χ0v) is 15.4. The molecule has 1 amide bonds. The van der Waals surface area contributed by atoms with Crippen LogP contribution in [0, 0.1) is 5.41 Å². The lowest BCUT2D eigenvalue weighted by Gasteiger charge is -2.36. The maximum atomic E-state index is 11.6. The van der Waals surface area contributed by atoms with E-state index in [0.717, 1.165) is 36.6 Å². The number of amides is 1. The molecule has 0 bridgehead atoms. The first-order chi connectivity index (χ1) is 11.8. The molecule has 0 spiro atoms. The Morgan fingerprint density at radius 3 is 2.72 bits per heavy atom. The molecule has 1 aromatic carbocycles. The lowest BCUT2D eigenvalue weighted by atomic mass is 9.74. The second-order valence-electron chi connectivity index (χ2n) is 7.71. The molecule has 0 fully saturated rings. The molecule has 1 N–H and O–H groups in total. The van der Waals surface area contributed by atoms with Crippen LogP contribution < -0.4 is 10.2 Å². The number of benzene rings is 1. The number of nitrogens with one attached hydrogen (secondary N) is 1. The number of hydrogen-bond acceptors (Lipinski definition) is 4. The summed E-state index contributed by atoms with van der Waals surface area (Å²) in [6.07, 6.45) is 3.68. The van der Waals surface area contributed by atoms with Crippen LogP contribution in [0.2, 0.25) is 0 Å². The quantitative estimate of drug-likeness (QED) is 0.929. The summed E-state index contributed by atoms with van der Waals surface area (Å²) in [5, 5.41) is 3.05. The summed E-state index contributed by atoms with van der Waals surface area (Å²) in [7, 11) is 2.01. The number of aromatic nitrogens is 2. The van der Waals surface area contributed by atoms with Crippen LogP contribution >= 0.6 is 0 Å². The van der Waals surface area contributed by atoms with Gasteiger partial charge in [0.1, 0.15) is 0 Å². The summed E-state index contributed by atoms with van der Waals surface area (Å²) in [5.41, 5.74) is 3.41. The largest absolute Gasteiger partial charge is 0.349 e. The predicted molar refractivity (Wildman–Crippen MR) is 99.2 cm³/mol. The second kappa shape index (κ2) is 6.82. The highest BCUT2D eigenvalue weighted by atomic mass is 16.1. The van der Waals surface area contributed by atoms with Crippen molar-refractivity contribution < 1.29 is 4.79 Å². The second-order valence-corrected chi connectivity index (χ2v) is 7.71. The lowest BCUT2D eigenvalue weighted by Crippen LogP contribution is -2.36. The van der Waals surface area contributed by atoms with E-state index in [1.807, 2.05) is 31.4 Å². The standard InChI is InChI=1S/C20H26N4O/c1-14(25)22-17-10-20(2,3)11-18-16(17)12-21-19(23-18)24(4)13-15-8-6-5-7-9-15/h5-9,12,17H,10-11,13H2,1-4H3,(H,22,25)/t17-/m0/s1. The van der Waals surface area contributed by atoms with E-state index in [-0.39, 0.29) is 17.4 Å². The van der Waals surface area contributed by atoms with E-state index < -0.39 is 0 Å². The highest BCUT2D eigenvalue weighted by Gasteiger charge is 2.34. The van der Waals surface area contributed by atoms with Crippen LogP contribution in [0.15, 0.2) is 36.5 Å². The number of carbonyl (C=O) groups excluding carboxylic acids is 1. The molecule has 3 rings (SSSR count). The van der Waals surface area contributed by atoms with E-state index >= 15 is 0 Å². The van der Waals surface area contributed by atoms with Gasteiger partial charge < -0.3 is 10.2 Å². The Morgan fingerprint density at radius 1 is 1.32 bits per heavy atom. The minimum atomic E-state index is -0.0149. The summed E-state index contributed by atoms with van der Waals surface area (Å²) in [4.78, 5) is 23.0. The summed E-state index contributed by atoms with van der Waals surface area (Å²) in [6, 6.07) is 10.3. The van der Waals surface area contributed by atoms with Crippen LogP contribution in [0.3, 0.4) is 0 Å². The zero-order valence-electron chi connectivity index (χ0n) is 15.4. The van der Waals surface area contributed by atoms with Crippen LogP contribution in [-0.4, -0.2) is 22.9 Å². The summed E-state index contributed by atoms with van der Waals surface area (Å²) in [6.45, 7) is 6.77. The highest BCUT2D eigenvalue weighted by Crippen LogP contribution is 2.40. The monoisotopic (exact) mass is 338 g/mol. The Balaban J connectivity index is 1.86. The number of rotatable bonds is 4. The molecule has 0 radical (unpaired) electrons. The summed E-state index contributed by atoms with van der Waals surface area (Å²) < 4.78 is 0. The van der Waals surface area contributed by atoms with Crippen molar-refractivity contribution in [1.82, 2.24) is 15.3 Å². The average molecular weight is 338 g/mol. The molecule has 0 aliphatic heterocycles. The van der Waals surface area contributed by atoms with Gasteiger partial charge in [0.25, 0.3) is 0 Å². The Hall–Kier alpha value is -2.43. The van der Waals surface area contributed by atoms with Gasteiger partial charge in [-0.15, -0.1) is 0 Å². The highest BCUT2D eigenvalue weighted by molar-refractivity contribution is 5.73. The first-order valence-electron chi connectivity index (χ1n) is 8.72. The average Bonchev–Trinajstić information content (AvgIpc) is 2.53. The molecule has 0 saturated carbocycles. The fourth-order valence-corrected chi connectivity index (χ4v) is 3.52. The molecule has 0 unspecified atom stereocenters. The number of anilines is 1. The number of nitrogens with zero attached hydrogens (tertiary/aromatic N) is 3. The van der Waals surface area contributed by atoms with Gasteiger partial charge in [0.2, 0.25) is 11.9 Å². The van der Waals surface area contributed by atoms with Crippen LogP contribution in [0.25, 0.3) is 0 Å². The Bertz CT molecular complexity index is 758. The Labute approximate surface area is 149 Å². The molecule has 25 heavy (non-hydrogen) atoms. The fourth-order valence-electron chi connectivity index (χ4n) is 3.52. The first-order valence-corrected chi connectivity index (χ1v) is 8.72. The van der Waals surface area contributed by atoms with Crippen LogP contribution in [-0.2, 0) is 17.8 Å². The van der Waals surface area contributed by atoms with Crippen LogP contribution in [0.1, 0.15) is 50.1 Å². The number of fused-ring (bicyclic) bond motifs is 1. The third-order valence-electron chi connectivity index (χ3n) is 4.65. The topological polar surface area (TPSA) is 58.1 Å². The van der Waals surface area contributed by atoms with E-state index in [9.17, 15) is 4.79 Å². The maximum Gasteiger partial charge on any atom is 0.225 e. The van der Waals surface area contributed by atoms with E-state index in [1.54, 1.807) is 6.92 Å². The fraction of sp³-hybridized carbons (Fsp3) is 0.450. The van der Waals surface area contributed by atoms with Gasteiger partial charge in [-0.05, 0) is 23.8 Å². The van der Waals surface area contributed by atoms with Crippen molar-refractivity contribution >= 4 is 11.9 Å². The smallest absolute Gasteiger partial charge is 0.225 e. The van der Waals surface area contributed by atoms with Crippen molar-refractivity contribution in [2.24, 2.45) is 5.41 Å². The molecule has 132 valence electrons. The molecule has 0 saturated heterocycles. The van der Waals surface area contributed by atoms with Crippen molar-refractivity contribution in [2.45, 2.75) is 46.2 Å². The number of carbonyl (C=O) groups is 1. The Morgan fingerprint density at radius 2 is 2.04 bits per heavy atom. The van der Waals surface area contributed by atoms with Crippen LogP contribution in [0.5, 0.6) is 0 Å². The van der Waals surface area contributed by atoms with Gasteiger partial charge in [-0.3, -0.25) is 4.79 Å². The van der Waals surface area contributed by atoms with Crippen molar-refractivity contribution in [3.05, 3.63) is 53.3 Å². The third-order valence-corrected chi connectivity index (χ3v) is 4.65.